The van der Waals surface area contributed by atoms with Crippen LogP contribution in [-0.2, 0) is 67.9 Å². The highest BCUT2D eigenvalue weighted by Crippen LogP contribution is 2.45. The Hall–Kier alpha value is -9.39. The molecule has 4 atom stereocenters. The van der Waals surface area contributed by atoms with Gasteiger partial charge < -0.3 is 54.7 Å². The summed E-state index contributed by atoms with van der Waals surface area (Å²) >= 11 is 0. The smallest absolute Gasteiger partial charge is 0.276 e. The lowest BCUT2D eigenvalue weighted by Gasteiger charge is -2.34. The fraction of sp³-hybridized carbons (Fsp3) is 0.357. The number of benzene rings is 6. The molecule has 9 N–H and O–H groups in total. The van der Waals surface area contributed by atoms with Crippen LogP contribution in [-0.4, -0.2) is 192 Å². The van der Waals surface area contributed by atoms with E-state index in [-0.39, 0.29) is 141 Å². The molecular weight excluding hydrogens is 1610 g/mol. The zero-order valence-electron chi connectivity index (χ0n) is 67.0. The molecule has 29 nitrogen and oxygen atoms in total. The number of amides is 2. The van der Waals surface area contributed by atoms with Gasteiger partial charge in [0.15, 0.2) is 19.0 Å². The van der Waals surface area contributed by atoms with Crippen molar-refractivity contribution in [2.24, 2.45) is 5.73 Å². The first-order chi connectivity index (χ1) is 56.1. The highest BCUT2D eigenvalue weighted by Gasteiger charge is 2.34. The van der Waals surface area contributed by atoms with E-state index < -0.39 is 72.4 Å². The molecule has 4 heterocycles. The zero-order chi connectivity index (χ0) is 85.1. The Bertz CT molecular complexity index is 5430. The van der Waals surface area contributed by atoms with Crippen molar-refractivity contribution in [2.75, 3.05) is 97.9 Å². The third-order valence-electron chi connectivity index (χ3n) is 20.0. The van der Waals surface area contributed by atoms with E-state index in [9.17, 15) is 50.5 Å². The topological polar surface area (TPSA) is 416 Å². The highest BCUT2D eigenvalue weighted by molar-refractivity contribution is 7.86. The molecule has 6 aromatic carbocycles. The summed E-state index contributed by atoms with van der Waals surface area (Å²) in [7, 11) is -18.9. The van der Waals surface area contributed by atoms with E-state index in [1.807, 2.05) is 45.9 Å². The van der Waals surface area contributed by atoms with Crippen molar-refractivity contribution in [3.05, 3.63) is 203 Å². The molecular formula is C84H102N9O20P3S2. The van der Waals surface area contributed by atoms with Crippen LogP contribution in [0.15, 0.2) is 164 Å². The molecule has 10 rings (SSSR count). The molecule has 2 amide bonds. The van der Waals surface area contributed by atoms with Crippen LogP contribution in [0.3, 0.4) is 0 Å². The van der Waals surface area contributed by atoms with Crippen molar-refractivity contribution in [3.63, 3.8) is 0 Å². The van der Waals surface area contributed by atoms with E-state index in [2.05, 4.69) is 25.3 Å². The van der Waals surface area contributed by atoms with Crippen LogP contribution in [0.5, 0.6) is 28.7 Å². The first kappa shape index (κ1) is 90.9. The number of nitrogens with zero attached hydrogens (tertiary/aromatic N) is 6. The molecule has 1 aliphatic rings. The third kappa shape index (κ3) is 24.9. The zero-order valence-corrected chi connectivity index (χ0v) is 71.3. The molecule has 0 radical (unpaired) electrons. The first-order valence-electron chi connectivity index (χ1n) is 38.6. The minimum absolute atomic E-state index is 0.00531. The SMILES string of the molecule is CCCCNC(=O)COc1cc(C)c(-c2cc(CN3CCN(Cc4cc(-c5c(C)cc(OCC(=O)CCCCS(=O)(=O)O)cc5OC)cc(P(=O)(O)c5ccccc5)n4)CCN(Cc4cc(-c5c(C)cc(OCC(=O)NCCCS(=O)(=O)O)cc5C)cc(P(=O)(O)c5ccccc5)n4)CC3CN)nc(P(=O)(O)c3ccccc3)c2)c(OC)c1. The van der Waals surface area contributed by atoms with Crippen LogP contribution >= 0.6 is 22.1 Å². The number of Topliss-reactive ketones (excluding diaryl/α,β-unsaturated/α-hetero) is 1. The van der Waals surface area contributed by atoms with Gasteiger partial charge in [-0.15, -0.1) is 0 Å². The second-order valence-electron chi connectivity index (χ2n) is 29.1. The number of methoxy groups -OCH3 is 2. The maximum Gasteiger partial charge on any atom is 0.276 e. The van der Waals surface area contributed by atoms with Crippen LogP contribution in [0.4, 0.5) is 0 Å². The van der Waals surface area contributed by atoms with Crippen LogP contribution < -0.4 is 72.3 Å². The van der Waals surface area contributed by atoms with E-state index >= 15 is 13.7 Å². The number of nitrogens with two attached hydrogens (primary N) is 1. The van der Waals surface area contributed by atoms with Gasteiger partial charge in [-0.05, 0) is 195 Å². The quantitative estimate of drug-likeness (QED) is 0.0103. The Morgan fingerprint density at radius 2 is 0.856 bits per heavy atom. The summed E-state index contributed by atoms with van der Waals surface area (Å²) in [5.74, 6) is -0.546. The van der Waals surface area contributed by atoms with Crippen molar-refractivity contribution < 1.29 is 92.4 Å². The molecule has 0 bridgehead atoms. The molecule has 9 aromatic rings. The molecule has 0 saturated carbocycles. The fourth-order valence-corrected chi connectivity index (χ4v) is 19.5. The van der Waals surface area contributed by atoms with Gasteiger partial charge in [0.25, 0.3) is 54.2 Å². The molecule has 630 valence electrons. The number of aryl methyl sites for hydroxylation is 4. The number of ether oxygens (including phenoxy) is 5. The number of hydrogen-bond acceptors (Lipinski definition) is 22. The largest absolute Gasteiger partial charge is 0.496 e. The minimum Gasteiger partial charge on any atom is -0.496 e. The lowest BCUT2D eigenvalue weighted by atomic mass is 9.95. The van der Waals surface area contributed by atoms with E-state index in [0.29, 0.717) is 115 Å². The molecule has 0 aliphatic carbocycles. The van der Waals surface area contributed by atoms with E-state index in [0.717, 1.165) is 12.8 Å². The number of aromatic nitrogens is 3. The summed E-state index contributed by atoms with van der Waals surface area (Å²) in [5, 5.41) is 5.84. The molecule has 0 spiro atoms. The molecule has 3 aromatic heterocycles. The lowest BCUT2D eigenvalue weighted by molar-refractivity contribution is -0.123. The second kappa shape index (κ2) is 41.1. The van der Waals surface area contributed by atoms with Gasteiger partial charge >= 0.3 is 0 Å². The molecule has 1 saturated heterocycles. The second-order valence-corrected chi connectivity index (χ2v) is 38.7. The molecule has 4 unspecified atom stereocenters. The van der Waals surface area contributed by atoms with Gasteiger partial charge in [0.1, 0.15) is 51.7 Å². The average molecular weight is 1710 g/mol. The number of ketones is 1. The predicted molar refractivity (Wildman–Crippen MR) is 455 cm³/mol. The standard InChI is InChI=1S/C84H102N9O20P3S2/c1-8-9-29-86-77(95)56-113-71-40-60(5)84(76(48-71)110-7)63-43-66(90-81(46-63)116(101,102)74-27-17-12-18-28-74)52-93-34-33-91(50-64-42-62(45-80(88-64)115(99,100)73-25-15-11-16-26-73)83-59(4)39-70(47-75(83)109-6)111-54-68(94)22-19-20-35-117(103,104)105)31-32-92(53-67(93)49-85)51-65-41-61(44-79(89-65)114(97,98)72-23-13-10-14-24-72)82-57(2)37-69(38-58(82)3)112-55-78(96)87-30-21-36-118(106,107)108/h10-18,23-28,37-48,67H,8-9,19-22,29-36,49-56,85H2,1-7H3,(H,86,95)(H,87,96)(H,97,98)(H,99,100)(H,101,102)(H,103,104,105)(H,106,107,108). The predicted octanol–water partition coefficient (Wildman–Crippen LogP) is 8.01. The Balaban J connectivity index is 1.08. The first-order valence-corrected chi connectivity index (χ1v) is 46.8. The number of pyridine rings is 3. The maximum absolute atomic E-state index is 15.2. The number of carbonyl (C=O) groups excluding carboxylic acids is 3. The van der Waals surface area contributed by atoms with Gasteiger partial charge in [-0.3, -0.25) is 51.9 Å². The number of unbranched alkanes of at least 4 members (excludes halogenated alkanes) is 2. The Morgan fingerprint density at radius 3 is 1.28 bits per heavy atom. The lowest BCUT2D eigenvalue weighted by Crippen LogP contribution is -2.48. The highest BCUT2D eigenvalue weighted by atomic mass is 32.2. The third-order valence-corrected chi connectivity index (χ3v) is 27.2. The monoisotopic (exact) mass is 1710 g/mol. The normalized spacial score (nSPS) is 15.4. The maximum atomic E-state index is 15.2. The number of carbonyl (C=O) groups is 3. The molecule has 118 heavy (non-hydrogen) atoms. The van der Waals surface area contributed by atoms with Crippen LogP contribution in [0.1, 0.15) is 84.8 Å². The van der Waals surface area contributed by atoms with Crippen molar-refractivity contribution in [3.8, 4) is 62.1 Å². The van der Waals surface area contributed by atoms with Crippen LogP contribution in [0, 0.1) is 27.7 Å². The van der Waals surface area contributed by atoms with Crippen molar-refractivity contribution in [2.45, 2.75) is 98.8 Å². The summed E-state index contributed by atoms with van der Waals surface area (Å²) < 4.78 is 139. The summed E-state index contributed by atoms with van der Waals surface area (Å²) in [6.45, 7) is 10.4. The van der Waals surface area contributed by atoms with Gasteiger partial charge in [0.2, 0.25) is 0 Å². The molecule has 1 aliphatic heterocycles. The Labute approximate surface area is 688 Å². The summed E-state index contributed by atoms with van der Waals surface area (Å²) in [4.78, 5) is 97.3. The minimum atomic E-state index is -4.49. The van der Waals surface area contributed by atoms with Crippen molar-refractivity contribution >= 4 is 92.2 Å². The summed E-state index contributed by atoms with van der Waals surface area (Å²) in [6.07, 6.45) is 1.98. The average Bonchev–Trinajstić information content (AvgIpc) is 0.807. The van der Waals surface area contributed by atoms with Crippen molar-refractivity contribution in [1.82, 2.24) is 40.3 Å². The van der Waals surface area contributed by atoms with Crippen molar-refractivity contribution in [1.29, 1.82) is 0 Å². The van der Waals surface area contributed by atoms with Crippen LogP contribution in [0.2, 0.25) is 0 Å². The number of nitrogens with one attached hydrogen (secondary N) is 2. The van der Waals surface area contributed by atoms with Gasteiger partial charge in [0.05, 0.1) is 42.8 Å². The van der Waals surface area contributed by atoms with Crippen LogP contribution in [0.25, 0.3) is 33.4 Å². The van der Waals surface area contributed by atoms with Gasteiger partial charge in [-0.1, -0.05) is 67.9 Å². The Morgan fingerprint density at radius 1 is 0.483 bits per heavy atom. The van der Waals surface area contributed by atoms with Gasteiger partial charge in [-0.2, -0.15) is 16.8 Å². The van der Waals surface area contributed by atoms with E-state index in [1.54, 1.807) is 153 Å². The molecule has 1 fully saturated rings. The summed E-state index contributed by atoms with van der Waals surface area (Å²) in [5.41, 5.74) is 13.6. The van der Waals surface area contributed by atoms with Gasteiger partial charge in [0, 0.05) is 124 Å². The number of rotatable bonds is 39. The fourth-order valence-electron chi connectivity index (χ4n) is 14.2. The molecule has 34 heteroatoms. The van der Waals surface area contributed by atoms with E-state index in [1.165, 1.54) is 14.2 Å². The van der Waals surface area contributed by atoms with Gasteiger partial charge in [-0.25, -0.2) is 15.0 Å². The number of hydrogen-bond donors (Lipinski definition) is 8. The van der Waals surface area contributed by atoms with E-state index in [4.69, 9.17) is 48.9 Å². The Kier molecular flexibility index (Phi) is 31.6. The summed E-state index contributed by atoms with van der Waals surface area (Å²) in [6, 6.07) is 44.4.